The third-order valence-corrected chi connectivity index (χ3v) is 5.83. The van der Waals surface area contributed by atoms with Crippen molar-refractivity contribution < 1.29 is 18.3 Å². The van der Waals surface area contributed by atoms with E-state index in [2.05, 4.69) is 10.8 Å². The number of hydrogen-bond acceptors (Lipinski definition) is 4. The zero-order chi connectivity index (χ0) is 17.0. The van der Waals surface area contributed by atoms with E-state index in [0.29, 0.717) is 18.4 Å². The first-order chi connectivity index (χ1) is 10.6. The van der Waals surface area contributed by atoms with Crippen LogP contribution < -0.4 is 9.86 Å². The minimum atomic E-state index is -3.67. The number of fused-ring (bicyclic) bond motifs is 1. The molecule has 1 unspecified atom stereocenters. The van der Waals surface area contributed by atoms with Crippen LogP contribution in [0.5, 0.6) is 0 Å². The fourth-order valence-corrected chi connectivity index (χ4v) is 4.02. The fourth-order valence-electron chi connectivity index (χ4n) is 3.59. The first-order valence-electron chi connectivity index (χ1n) is 7.77. The highest BCUT2D eigenvalue weighted by molar-refractivity contribution is 7.87. The lowest BCUT2D eigenvalue weighted by Crippen LogP contribution is -2.47. The summed E-state index contributed by atoms with van der Waals surface area (Å²) in [4.78, 5) is 12.6. The minimum absolute atomic E-state index is 0.204. The van der Waals surface area contributed by atoms with Gasteiger partial charge >= 0.3 is 0 Å². The first-order valence-corrected chi connectivity index (χ1v) is 9.32. The molecule has 0 aromatic heterocycles. The van der Waals surface area contributed by atoms with Gasteiger partial charge in [0.05, 0.1) is 0 Å². The average Bonchev–Trinajstić information content (AvgIpc) is 3.14. The average molecular weight is 338 g/mol. The molecule has 4 N–H and O–H groups in total. The second kappa shape index (κ2) is 5.11. The number of nitrogens with two attached hydrogens (primary N) is 1. The minimum Gasteiger partial charge on any atom is -0.381 e. The molecule has 1 atom stereocenters. The summed E-state index contributed by atoms with van der Waals surface area (Å²) in [5, 5.41) is 15.5. The van der Waals surface area contributed by atoms with E-state index in [4.69, 9.17) is 5.14 Å². The standard InChI is InChI=1S/C16H22N2O4S/c1-10-8-12-13(11(10)4-3-7-18-23(17,21)22)9-16(5-6-16)15(2,20)14(12)19/h8-9,18,20H,3-7H2,1-2H3,(H2,17,21,22). The van der Waals surface area contributed by atoms with Gasteiger partial charge in [-0.05, 0) is 62.3 Å². The molecule has 1 fully saturated rings. The van der Waals surface area contributed by atoms with Crippen LogP contribution in [0.4, 0.5) is 0 Å². The molecule has 23 heavy (non-hydrogen) atoms. The van der Waals surface area contributed by atoms with Gasteiger partial charge in [0.25, 0.3) is 10.2 Å². The number of hydrogen-bond donors (Lipinski definition) is 3. The third-order valence-electron chi connectivity index (χ3n) is 5.22. The molecule has 0 radical (unpaired) electrons. The molecule has 0 heterocycles. The molecule has 0 amide bonds. The Labute approximate surface area is 136 Å². The molecular formula is C16H22N2O4S. The van der Waals surface area contributed by atoms with Crippen molar-refractivity contribution in [3.05, 3.63) is 34.4 Å². The molecule has 3 aliphatic rings. The van der Waals surface area contributed by atoms with E-state index in [-0.39, 0.29) is 12.3 Å². The van der Waals surface area contributed by atoms with Crippen molar-refractivity contribution in [3.63, 3.8) is 0 Å². The van der Waals surface area contributed by atoms with Crippen LogP contribution in [0.25, 0.3) is 0 Å². The Balaban J connectivity index is 1.79. The van der Waals surface area contributed by atoms with Crippen molar-refractivity contribution >= 4 is 16.0 Å². The molecule has 7 heteroatoms. The molecule has 126 valence electrons. The number of Topliss-reactive ketones (excluding diaryl/α,β-unsaturated/α-hetero) is 1. The van der Waals surface area contributed by atoms with Gasteiger partial charge in [0.15, 0.2) is 5.78 Å². The van der Waals surface area contributed by atoms with Crippen LogP contribution in [0, 0.1) is 5.41 Å². The van der Waals surface area contributed by atoms with Gasteiger partial charge in [0, 0.05) is 17.5 Å². The van der Waals surface area contributed by atoms with Crippen LogP contribution in [-0.2, 0) is 15.0 Å². The summed E-state index contributed by atoms with van der Waals surface area (Å²) in [5.74, 6) is -0.204. The van der Waals surface area contributed by atoms with Crippen molar-refractivity contribution in [1.29, 1.82) is 0 Å². The largest absolute Gasteiger partial charge is 0.381 e. The normalized spacial score (nSPS) is 28.8. The smallest absolute Gasteiger partial charge is 0.274 e. The Morgan fingerprint density at radius 3 is 2.57 bits per heavy atom. The summed E-state index contributed by atoms with van der Waals surface area (Å²) >= 11 is 0. The number of ketones is 1. The Bertz CT molecular complexity index is 768. The molecule has 0 bridgehead atoms. The monoisotopic (exact) mass is 338 g/mol. The maximum atomic E-state index is 12.6. The Kier molecular flexibility index (Phi) is 3.68. The van der Waals surface area contributed by atoms with E-state index in [9.17, 15) is 18.3 Å². The van der Waals surface area contributed by atoms with Gasteiger partial charge in [-0.1, -0.05) is 6.08 Å². The number of aliphatic hydroxyl groups is 1. The van der Waals surface area contributed by atoms with Crippen molar-refractivity contribution in [1.82, 2.24) is 4.72 Å². The Morgan fingerprint density at radius 1 is 1.35 bits per heavy atom. The maximum absolute atomic E-state index is 12.6. The quantitative estimate of drug-likeness (QED) is 0.646. The molecule has 0 aromatic carbocycles. The summed E-state index contributed by atoms with van der Waals surface area (Å²) in [6, 6.07) is 0. The maximum Gasteiger partial charge on any atom is 0.274 e. The van der Waals surface area contributed by atoms with Crippen LogP contribution in [-0.4, -0.2) is 31.5 Å². The number of rotatable bonds is 5. The molecule has 3 rings (SSSR count). The number of carbonyl (C=O) groups excluding carboxylic acids is 1. The predicted octanol–water partition coefficient (Wildman–Crippen LogP) is 0.857. The number of nitrogens with one attached hydrogen (secondary N) is 1. The summed E-state index contributed by atoms with van der Waals surface area (Å²) in [7, 11) is -3.67. The second-order valence-corrected chi connectivity index (χ2v) is 8.26. The van der Waals surface area contributed by atoms with Gasteiger partial charge in [-0.15, -0.1) is 0 Å². The zero-order valence-electron chi connectivity index (χ0n) is 13.3. The number of carbonyl (C=O) groups is 1. The zero-order valence-corrected chi connectivity index (χ0v) is 14.2. The van der Waals surface area contributed by atoms with Crippen LogP contribution >= 0.6 is 0 Å². The molecular weight excluding hydrogens is 316 g/mol. The van der Waals surface area contributed by atoms with Crippen molar-refractivity contribution in [3.8, 4) is 0 Å². The Hall–Kier alpha value is -1.28. The molecule has 1 spiro atoms. The highest BCUT2D eigenvalue weighted by atomic mass is 32.2. The lowest BCUT2D eigenvalue weighted by molar-refractivity contribution is -0.137. The summed E-state index contributed by atoms with van der Waals surface area (Å²) in [5.41, 5.74) is 1.82. The van der Waals surface area contributed by atoms with E-state index in [1.807, 2.05) is 13.0 Å². The van der Waals surface area contributed by atoms with Gasteiger partial charge in [-0.25, -0.2) is 9.86 Å². The van der Waals surface area contributed by atoms with E-state index in [0.717, 1.165) is 29.6 Å². The first kappa shape index (κ1) is 16.6. The van der Waals surface area contributed by atoms with Crippen LogP contribution in [0.2, 0.25) is 0 Å². The molecule has 6 nitrogen and oxygen atoms in total. The van der Waals surface area contributed by atoms with Gasteiger partial charge in [0.1, 0.15) is 5.60 Å². The van der Waals surface area contributed by atoms with E-state index < -0.39 is 21.2 Å². The fraction of sp³-hybridized carbons (Fsp3) is 0.562. The lowest BCUT2D eigenvalue weighted by atomic mass is 9.71. The highest BCUT2D eigenvalue weighted by Crippen LogP contribution is 2.61. The summed E-state index contributed by atoms with van der Waals surface area (Å²) < 4.78 is 24.0. The van der Waals surface area contributed by atoms with Crippen LogP contribution in [0.1, 0.15) is 39.5 Å². The Morgan fingerprint density at radius 2 is 2.00 bits per heavy atom. The lowest BCUT2D eigenvalue weighted by Gasteiger charge is -2.35. The van der Waals surface area contributed by atoms with Crippen molar-refractivity contribution in [2.45, 2.75) is 45.1 Å². The third kappa shape index (κ3) is 2.71. The summed E-state index contributed by atoms with van der Waals surface area (Å²) in [6.45, 7) is 3.81. The molecule has 3 aliphatic carbocycles. The topological polar surface area (TPSA) is 109 Å². The van der Waals surface area contributed by atoms with E-state index in [1.165, 1.54) is 0 Å². The summed E-state index contributed by atoms with van der Waals surface area (Å²) in [6.07, 6.45) is 6.79. The van der Waals surface area contributed by atoms with Crippen molar-refractivity contribution in [2.75, 3.05) is 6.54 Å². The second-order valence-electron chi connectivity index (χ2n) is 6.88. The molecule has 1 saturated carbocycles. The van der Waals surface area contributed by atoms with Gasteiger partial charge in [-0.2, -0.15) is 8.42 Å². The van der Waals surface area contributed by atoms with Gasteiger partial charge in [0.2, 0.25) is 0 Å². The molecule has 0 saturated heterocycles. The van der Waals surface area contributed by atoms with Gasteiger partial charge in [-0.3, -0.25) is 4.79 Å². The number of allylic oxidation sites excluding steroid dienone is 4. The molecule has 0 aliphatic heterocycles. The predicted molar refractivity (Wildman–Crippen MR) is 86.5 cm³/mol. The van der Waals surface area contributed by atoms with Crippen LogP contribution in [0.3, 0.4) is 0 Å². The van der Waals surface area contributed by atoms with Crippen LogP contribution in [0.15, 0.2) is 34.4 Å². The highest BCUT2D eigenvalue weighted by Gasteiger charge is 2.62. The van der Waals surface area contributed by atoms with Gasteiger partial charge < -0.3 is 5.11 Å². The van der Waals surface area contributed by atoms with Crippen molar-refractivity contribution in [2.24, 2.45) is 10.6 Å². The molecule has 0 aromatic rings. The SMILES string of the molecule is CC1=C(CCCNS(N)(=O)=O)C2=CC3(CC3)C(C)(O)C(=O)C2=C1. The van der Waals surface area contributed by atoms with E-state index in [1.54, 1.807) is 6.92 Å². The van der Waals surface area contributed by atoms with E-state index >= 15 is 0 Å².